The molecule has 84 valence electrons. The number of nitrogens with one attached hydrogen (secondary N) is 1. The standard InChI is InChI=1S/C10H15NO3S/c1-8-3-5-10(6-4-8)11-15(13,14)9(2)7-12/h3-6,9,11-12H,7H2,1-2H3. The van der Waals surface area contributed by atoms with E-state index >= 15 is 0 Å². The molecule has 0 aliphatic rings. The Bertz CT molecular complexity index is 411. The third-order valence-corrected chi connectivity index (χ3v) is 3.83. The van der Waals surface area contributed by atoms with Gasteiger partial charge in [-0.2, -0.15) is 0 Å². The third kappa shape index (κ3) is 3.21. The van der Waals surface area contributed by atoms with E-state index in [-0.39, 0.29) is 6.61 Å². The Hall–Kier alpha value is -1.07. The lowest BCUT2D eigenvalue weighted by Gasteiger charge is -2.12. The summed E-state index contributed by atoms with van der Waals surface area (Å²) in [6.07, 6.45) is 0. The van der Waals surface area contributed by atoms with E-state index in [1.807, 2.05) is 19.1 Å². The Labute approximate surface area is 90.0 Å². The first-order chi connectivity index (χ1) is 6.95. The minimum atomic E-state index is -3.48. The van der Waals surface area contributed by atoms with Crippen molar-refractivity contribution in [3.05, 3.63) is 29.8 Å². The van der Waals surface area contributed by atoms with E-state index < -0.39 is 15.3 Å². The van der Waals surface area contributed by atoms with Crippen LogP contribution in [0.2, 0.25) is 0 Å². The van der Waals surface area contributed by atoms with E-state index in [1.54, 1.807) is 12.1 Å². The minimum Gasteiger partial charge on any atom is -0.395 e. The smallest absolute Gasteiger partial charge is 0.237 e. The lowest BCUT2D eigenvalue weighted by atomic mass is 10.2. The van der Waals surface area contributed by atoms with Gasteiger partial charge in [-0.15, -0.1) is 0 Å². The maximum atomic E-state index is 11.5. The maximum Gasteiger partial charge on any atom is 0.237 e. The number of hydrogen-bond acceptors (Lipinski definition) is 3. The van der Waals surface area contributed by atoms with Crippen LogP contribution < -0.4 is 4.72 Å². The van der Waals surface area contributed by atoms with Crippen molar-refractivity contribution in [1.29, 1.82) is 0 Å². The summed E-state index contributed by atoms with van der Waals surface area (Å²) in [7, 11) is -3.48. The Morgan fingerprint density at radius 3 is 2.33 bits per heavy atom. The SMILES string of the molecule is Cc1ccc(NS(=O)(=O)C(C)CO)cc1. The van der Waals surface area contributed by atoms with Crippen LogP contribution in [-0.2, 0) is 10.0 Å². The molecule has 0 heterocycles. The molecular formula is C10H15NO3S. The van der Waals surface area contributed by atoms with Gasteiger partial charge in [0.25, 0.3) is 0 Å². The lowest BCUT2D eigenvalue weighted by molar-refractivity contribution is 0.296. The molecule has 0 saturated heterocycles. The molecule has 2 N–H and O–H groups in total. The van der Waals surface area contributed by atoms with Crippen LogP contribution in [0.3, 0.4) is 0 Å². The fraction of sp³-hybridized carbons (Fsp3) is 0.400. The Balaban J connectivity index is 2.82. The highest BCUT2D eigenvalue weighted by Gasteiger charge is 2.19. The van der Waals surface area contributed by atoms with Crippen LogP contribution >= 0.6 is 0 Å². The average molecular weight is 229 g/mol. The van der Waals surface area contributed by atoms with Crippen LogP contribution in [0, 0.1) is 6.92 Å². The number of sulfonamides is 1. The zero-order valence-corrected chi connectivity index (χ0v) is 9.58. The van der Waals surface area contributed by atoms with Crippen LogP contribution in [0.4, 0.5) is 5.69 Å². The summed E-state index contributed by atoms with van der Waals surface area (Å²) in [6, 6.07) is 7.02. The molecule has 0 fully saturated rings. The molecule has 0 aliphatic carbocycles. The highest BCUT2D eigenvalue weighted by Crippen LogP contribution is 2.12. The van der Waals surface area contributed by atoms with Crippen molar-refractivity contribution in [1.82, 2.24) is 0 Å². The molecule has 0 spiro atoms. The van der Waals surface area contributed by atoms with Crippen LogP contribution in [0.1, 0.15) is 12.5 Å². The highest BCUT2D eigenvalue weighted by molar-refractivity contribution is 7.93. The predicted octanol–water partition coefficient (Wildman–Crippen LogP) is 1.12. The van der Waals surface area contributed by atoms with Gasteiger partial charge in [0.2, 0.25) is 10.0 Å². The third-order valence-electron chi connectivity index (χ3n) is 2.10. The van der Waals surface area contributed by atoms with Gasteiger partial charge in [0.05, 0.1) is 6.61 Å². The molecule has 1 aromatic rings. The number of aliphatic hydroxyl groups excluding tert-OH is 1. The first-order valence-electron chi connectivity index (χ1n) is 4.65. The zero-order chi connectivity index (χ0) is 11.5. The van der Waals surface area contributed by atoms with Gasteiger partial charge in [-0.25, -0.2) is 8.42 Å². The molecule has 0 saturated carbocycles. The Morgan fingerprint density at radius 1 is 1.33 bits per heavy atom. The second-order valence-corrected chi connectivity index (χ2v) is 5.61. The first-order valence-corrected chi connectivity index (χ1v) is 6.19. The molecule has 1 aromatic carbocycles. The van der Waals surface area contributed by atoms with Crippen molar-refractivity contribution in [3.63, 3.8) is 0 Å². The molecule has 1 unspecified atom stereocenters. The van der Waals surface area contributed by atoms with Crippen molar-refractivity contribution in [2.24, 2.45) is 0 Å². The van der Waals surface area contributed by atoms with Crippen molar-refractivity contribution >= 4 is 15.7 Å². The second kappa shape index (κ2) is 4.63. The number of anilines is 1. The van der Waals surface area contributed by atoms with Crippen molar-refractivity contribution in [2.45, 2.75) is 19.1 Å². The predicted molar refractivity (Wildman–Crippen MR) is 60.3 cm³/mol. The van der Waals surface area contributed by atoms with Crippen molar-refractivity contribution in [2.75, 3.05) is 11.3 Å². The van der Waals surface area contributed by atoms with Crippen molar-refractivity contribution < 1.29 is 13.5 Å². The van der Waals surface area contributed by atoms with E-state index in [0.717, 1.165) is 5.56 Å². The molecule has 1 atom stereocenters. The van der Waals surface area contributed by atoms with Crippen LogP contribution in [0.25, 0.3) is 0 Å². The molecule has 5 heteroatoms. The largest absolute Gasteiger partial charge is 0.395 e. The molecule has 15 heavy (non-hydrogen) atoms. The van der Waals surface area contributed by atoms with Gasteiger partial charge < -0.3 is 5.11 Å². The normalized spacial score (nSPS) is 13.5. The molecule has 1 rings (SSSR count). The molecular weight excluding hydrogens is 214 g/mol. The van der Waals surface area contributed by atoms with Gasteiger partial charge in [0, 0.05) is 5.69 Å². The number of aryl methyl sites for hydroxylation is 1. The summed E-state index contributed by atoms with van der Waals surface area (Å²) in [5.41, 5.74) is 1.58. The number of hydrogen-bond donors (Lipinski definition) is 2. The van der Waals surface area contributed by atoms with E-state index in [9.17, 15) is 8.42 Å². The Morgan fingerprint density at radius 2 is 1.87 bits per heavy atom. The Kier molecular flexibility index (Phi) is 3.71. The maximum absolute atomic E-state index is 11.5. The van der Waals surface area contributed by atoms with E-state index in [2.05, 4.69) is 4.72 Å². The summed E-state index contributed by atoms with van der Waals surface area (Å²) in [5, 5.41) is 7.97. The summed E-state index contributed by atoms with van der Waals surface area (Å²) < 4.78 is 25.5. The quantitative estimate of drug-likeness (QED) is 0.813. The van der Waals surface area contributed by atoms with Gasteiger partial charge in [-0.1, -0.05) is 17.7 Å². The molecule has 4 nitrogen and oxygen atoms in total. The van der Waals surface area contributed by atoms with E-state index in [0.29, 0.717) is 5.69 Å². The number of rotatable bonds is 4. The van der Waals surface area contributed by atoms with Crippen molar-refractivity contribution in [3.8, 4) is 0 Å². The van der Waals surface area contributed by atoms with Gasteiger partial charge in [-0.3, -0.25) is 4.72 Å². The molecule has 0 aliphatic heterocycles. The summed E-state index contributed by atoms with van der Waals surface area (Å²) in [5.74, 6) is 0. The second-order valence-electron chi connectivity index (χ2n) is 3.51. The minimum absolute atomic E-state index is 0.388. The monoisotopic (exact) mass is 229 g/mol. The lowest BCUT2D eigenvalue weighted by Crippen LogP contribution is -2.28. The van der Waals surface area contributed by atoms with E-state index in [4.69, 9.17) is 5.11 Å². The van der Waals surface area contributed by atoms with Gasteiger partial charge >= 0.3 is 0 Å². The van der Waals surface area contributed by atoms with Crippen LogP contribution in [0.15, 0.2) is 24.3 Å². The molecule has 0 bridgehead atoms. The van der Waals surface area contributed by atoms with Gasteiger partial charge in [0.15, 0.2) is 0 Å². The fourth-order valence-corrected chi connectivity index (χ4v) is 1.85. The van der Waals surface area contributed by atoms with Gasteiger partial charge in [0.1, 0.15) is 5.25 Å². The molecule has 0 radical (unpaired) electrons. The van der Waals surface area contributed by atoms with E-state index in [1.165, 1.54) is 6.92 Å². The van der Waals surface area contributed by atoms with Gasteiger partial charge in [-0.05, 0) is 26.0 Å². The fourth-order valence-electron chi connectivity index (χ4n) is 0.985. The summed E-state index contributed by atoms with van der Waals surface area (Å²) in [4.78, 5) is 0. The van der Waals surface area contributed by atoms with Crippen LogP contribution in [-0.4, -0.2) is 25.4 Å². The zero-order valence-electron chi connectivity index (χ0n) is 8.77. The number of benzene rings is 1. The first kappa shape index (κ1) is 12.0. The summed E-state index contributed by atoms with van der Waals surface area (Å²) in [6.45, 7) is 2.99. The molecule has 0 aromatic heterocycles. The summed E-state index contributed by atoms with van der Waals surface area (Å²) >= 11 is 0. The average Bonchev–Trinajstić information content (AvgIpc) is 2.20. The molecule has 0 amide bonds. The number of aliphatic hydroxyl groups is 1. The topological polar surface area (TPSA) is 66.4 Å². The van der Waals surface area contributed by atoms with Crippen LogP contribution in [0.5, 0.6) is 0 Å². The highest BCUT2D eigenvalue weighted by atomic mass is 32.2.